The Morgan fingerprint density at radius 1 is 0.730 bits per heavy atom. The third kappa shape index (κ3) is 13.5. The Labute approximate surface area is 233 Å². The Morgan fingerprint density at radius 3 is 2.00 bits per heavy atom. The molecule has 0 saturated carbocycles. The fourth-order valence-corrected chi connectivity index (χ4v) is 7.44. The summed E-state index contributed by atoms with van der Waals surface area (Å²) in [6, 6.07) is 0. The molecule has 2 N–H and O–H groups in total. The van der Waals surface area contributed by atoms with E-state index in [1.54, 1.807) is 0 Å². The number of hydrogen-bond acceptors (Lipinski definition) is 2. The molecular formula is C35H68O2. The lowest BCUT2D eigenvalue weighted by molar-refractivity contribution is 0.116. The summed E-state index contributed by atoms with van der Waals surface area (Å²) < 4.78 is 0. The first kappa shape index (κ1) is 34.7. The molecule has 0 aromatic carbocycles. The zero-order valence-electron chi connectivity index (χ0n) is 26.2. The van der Waals surface area contributed by atoms with Gasteiger partial charge in [0.2, 0.25) is 0 Å². The van der Waals surface area contributed by atoms with E-state index in [0.29, 0.717) is 24.4 Å². The maximum Gasteiger partial charge on any atom is 0.0647 e. The summed E-state index contributed by atoms with van der Waals surface area (Å²) in [4.78, 5) is 0. The number of unbranched alkanes of at least 4 members (excludes halogenated alkanes) is 1. The number of allylic oxidation sites excluding steroid dienone is 1. The van der Waals surface area contributed by atoms with Crippen molar-refractivity contribution in [3.63, 3.8) is 0 Å². The molecule has 1 aliphatic rings. The molecule has 0 aromatic rings. The fraction of sp³-hybridized carbons (Fsp3) is 0.943. The van der Waals surface area contributed by atoms with Crippen molar-refractivity contribution in [1.29, 1.82) is 0 Å². The summed E-state index contributed by atoms with van der Waals surface area (Å²) in [7, 11) is 0. The highest BCUT2D eigenvalue weighted by Gasteiger charge is 2.31. The van der Waals surface area contributed by atoms with Crippen LogP contribution in [-0.4, -0.2) is 23.4 Å². The maximum atomic E-state index is 10.6. The van der Waals surface area contributed by atoms with Gasteiger partial charge in [0.15, 0.2) is 0 Å². The first-order valence-corrected chi connectivity index (χ1v) is 16.8. The van der Waals surface area contributed by atoms with Crippen molar-refractivity contribution in [2.75, 3.05) is 13.2 Å². The van der Waals surface area contributed by atoms with Crippen molar-refractivity contribution in [2.24, 2.45) is 35.5 Å². The predicted molar refractivity (Wildman–Crippen MR) is 164 cm³/mol. The van der Waals surface area contributed by atoms with Crippen LogP contribution in [0.5, 0.6) is 0 Å². The molecule has 2 nitrogen and oxygen atoms in total. The highest BCUT2D eigenvalue weighted by molar-refractivity contribution is 5.17. The molecule has 5 unspecified atom stereocenters. The minimum Gasteiger partial charge on any atom is -0.396 e. The Kier molecular flexibility index (Phi) is 20.1. The van der Waals surface area contributed by atoms with Crippen LogP contribution in [0.4, 0.5) is 0 Å². The monoisotopic (exact) mass is 521 g/mol. The molecule has 0 fully saturated rings. The van der Waals surface area contributed by atoms with Crippen LogP contribution in [-0.2, 0) is 0 Å². The summed E-state index contributed by atoms with van der Waals surface area (Å²) in [5.41, 5.74) is 2.79. The Morgan fingerprint density at radius 2 is 1.41 bits per heavy atom. The van der Waals surface area contributed by atoms with Gasteiger partial charge in [0, 0.05) is 6.61 Å². The lowest BCUT2D eigenvalue weighted by atomic mass is 9.70. The molecule has 2 heteroatoms. The normalized spacial score (nSPS) is 21.5. The number of aliphatic hydroxyl groups is 2. The number of aliphatic hydroxyl groups excluding tert-OH is 2. The minimum atomic E-state index is 0.212. The van der Waals surface area contributed by atoms with E-state index in [-0.39, 0.29) is 6.61 Å². The van der Waals surface area contributed by atoms with Crippen molar-refractivity contribution in [3.8, 4) is 0 Å². The standard InChI is InChI=1S/C35H68O2/c1-7-10-20-30(24-25-31(9-3)28(4)5)21-17-23-33(32(26-36)18-8-2)34-22-16-14-12-11-13-15-19-29(6)35(34)27-37/h28,30-34,36-37H,7-27H2,1-6H3. The van der Waals surface area contributed by atoms with Gasteiger partial charge in [-0.15, -0.1) is 0 Å². The van der Waals surface area contributed by atoms with Crippen molar-refractivity contribution in [1.82, 2.24) is 0 Å². The second kappa shape index (κ2) is 21.5. The lowest BCUT2D eigenvalue weighted by Gasteiger charge is -2.36. The van der Waals surface area contributed by atoms with Gasteiger partial charge in [-0.05, 0) is 86.5 Å². The van der Waals surface area contributed by atoms with Gasteiger partial charge in [-0.25, -0.2) is 0 Å². The van der Waals surface area contributed by atoms with E-state index in [9.17, 15) is 10.2 Å². The van der Waals surface area contributed by atoms with Gasteiger partial charge in [0.05, 0.1) is 6.61 Å². The van der Waals surface area contributed by atoms with Crippen molar-refractivity contribution in [2.45, 2.75) is 164 Å². The van der Waals surface area contributed by atoms with Crippen LogP contribution in [0.1, 0.15) is 164 Å². The van der Waals surface area contributed by atoms with Crippen LogP contribution in [0.3, 0.4) is 0 Å². The number of rotatable bonds is 18. The molecule has 0 heterocycles. The topological polar surface area (TPSA) is 40.5 Å². The van der Waals surface area contributed by atoms with Gasteiger partial charge < -0.3 is 10.2 Å². The molecule has 0 aromatic heterocycles. The van der Waals surface area contributed by atoms with E-state index >= 15 is 0 Å². The van der Waals surface area contributed by atoms with Crippen molar-refractivity contribution < 1.29 is 10.2 Å². The molecule has 37 heavy (non-hydrogen) atoms. The zero-order valence-corrected chi connectivity index (χ0v) is 26.2. The van der Waals surface area contributed by atoms with E-state index in [2.05, 4.69) is 41.5 Å². The molecule has 1 rings (SSSR count). The molecule has 0 aliphatic heterocycles. The second-order valence-electron chi connectivity index (χ2n) is 13.1. The van der Waals surface area contributed by atoms with Gasteiger partial charge >= 0.3 is 0 Å². The van der Waals surface area contributed by atoms with Crippen LogP contribution in [0.2, 0.25) is 0 Å². The smallest absolute Gasteiger partial charge is 0.0647 e. The first-order chi connectivity index (χ1) is 17.9. The highest BCUT2D eigenvalue weighted by Crippen LogP contribution is 2.40. The Balaban J connectivity index is 3.05. The van der Waals surface area contributed by atoms with Crippen LogP contribution in [0, 0.1) is 35.5 Å². The van der Waals surface area contributed by atoms with Crippen LogP contribution < -0.4 is 0 Å². The lowest BCUT2D eigenvalue weighted by Crippen LogP contribution is -2.29. The average Bonchev–Trinajstić information content (AvgIpc) is 2.92. The minimum absolute atomic E-state index is 0.212. The third-order valence-electron chi connectivity index (χ3n) is 10.0. The molecule has 1 aliphatic carbocycles. The van der Waals surface area contributed by atoms with Crippen LogP contribution >= 0.6 is 0 Å². The quantitative estimate of drug-likeness (QED) is 0.176. The molecule has 0 saturated heterocycles. The number of hydrogen-bond donors (Lipinski definition) is 2. The zero-order chi connectivity index (χ0) is 27.5. The van der Waals surface area contributed by atoms with Gasteiger partial charge in [-0.3, -0.25) is 0 Å². The van der Waals surface area contributed by atoms with E-state index in [1.807, 2.05) is 0 Å². The molecule has 5 atom stereocenters. The molecule has 0 bridgehead atoms. The van der Waals surface area contributed by atoms with Crippen LogP contribution in [0.25, 0.3) is 0 Å². The summed E-state index contributed by atoms with van der Waals surface area (Å²) in [6.45, 7) is 14.6. The van der Waals surface area contributed by atoms with Crippen LogP contribution in [0.15, 0.2) is 11.1 Å². The Bertz CT molecular complexity index is 566. The SMILES string of the molecule is CCCCC(CCCC(C(CO)CCC)C1CCCCCCCCC(C)=C1CO)CCC(CC)C(C)C. The van der Waals surface area contributed by atoms with Gasteiger partial charge in [0.25, 0.3) is 0 Å². The Hall–Kier alpha value is -0.340. The molecule has 0 amide bonds. The van der Waals surface area contributed by atoms with Gasteiger partial charge in [-0.2, -0.15) is 0 Å². The molecule has 220 valence electrons. The maximum absolute atomic E-state index is 10.6. The largest absolute Gasteiger partial charge is 0.396 e. The molecule has 0 radical (unpaired) electrons. The average molecular weight is 521 g/mol. The third-order valence-corrected chi connectivity index (χ3v) is 10.0. The summed E-state index contributed by atoms with van der Waals surface area (Å²) >= 11 is 0. The summed E-state index contributed by atoms with van der Waals surface area (Å²) in [5.74, 6) is 3.85. The molecule has 0 spiro atoms. The van der Waals surface area contributed by atoms with Gasteiger partial charge in [-0.1, -0.05) is 124 Å². The second-order valence-corrected chi connectivity index (χ2v) is 13.1. The fourth-order valence-electron chi connectivity index (χ4n) is 7.44. The van der Waals surface area contributed by atoms with E-state index in [1.165, 1.54) is 114 Å². The predicted octanol–water partition coefficient (Wildman–Crippen LogP) is 10.5. The van der Waals surface area contributed by atoms with Crippen molar-refractivity contribution >= 4 is 0 Å². The van der Waals surface area contributed by atoms with E-state index < -0.39 is 0 Å². The molecular weight excluding hydrogens is 452 g/mol. The first-order valence-electron chi connectivity index (χ1n) is 16.8. The highest BCUT2D eigenvalue weighted by atomic mass is 16.3. The van der Waals surface area contributed by atoms with Crippen molar-refractivity contribution in [3.05, 3.63) is 11.1 Å². The van der Waals surface area contributed by atoms with E-state index in [4.69, 9.17) is 0 Å². The summed E-state index contributed by atoms with van der Waals surface area (Å²) in [6.07, 6.45) is 24.5. The summed E-state index contributed by atoms with van der Waals surface area (Å²) in [5, 5.41) is 21.1. The van der Waals surface area contributed by atoms with E-state index in [0.717, 1.165) is 37.0 Å². The van der Waals surface area contributed by atoms with Gasteiger partial charge in [0.1, 0.15) is 0 Å².